The molecule has 2 aromatic rings. The predicted octanol–water partition coefficient (Wildman–Crippen LogP) is 3.54. The van der Waals surface area contributed by atoms with E-state index in [9.17, 15) is 0 Å². The third-order valence-corrected chi connectivity index (χ3v) is 3.99. The molecule has 1 heterocycles. The number of hydrogen-bond donors (Lipinski definition) is 0. The molecular formula is C18H22N2O. The molecule has 1 fully saturated rings. The minimum atomic E-state index is 0.422. The predicted molar refractivity (Wildman–Crippen MR) is 84.3 cm³/mol. The molecule has 1 saturated carbocycles. The van der Waals surface area contributed by atoms with Gasteiger partial charge in [0.2, 0.25) is 0 Å². The number of pyridine rings is 1. The Labute approximate surface area is 126 Å². The standard InChI is InChI=1S/C18H22N2O/c1-20(13-14-21-16-7-3-2-4-8-16)18(15-10-11-15)17-9-5-6-12-19-17/h2-9,12,15,18H,10-11,13-14H2,1H3/t18-/m1/s1. The molecule has 3 heteroatoms. The van der Waals surface area contributed by atoms with E-state index >= 15 is 0 Å². The lowest BCUT2D eigenvalue weighted by Gasteiger charge is -2.27. The summed E-state index contributed by atoms with van der Waals surface area (Å²) in [6, 6.07) is 16.6. The van der Waals surface area contributed by atoms with Crippen molar-refractivity contribution in [3.8, 4) is 5.75 Å². The van der Waals surface area contributed by atoms with Crippen LogP contribution < -0.4 is 4.74 Å². The average molecular weight is 282 g/mol. The highest BCUT2D eigenvalue weighted by atomic mass is 16.5. The first-order chi connectivity index (χ1) is 10.3. The van der Waals surface area contributed by atoms with Crippen LogP contribution in [0.2, 0.25) is 0 Å². The molecule has 3 rings (SSSR count). The molecule has 0 unspecified atom stereocenters. The largest absolute Gasteiger partial charge is 0.492 e. The Morgan fingerprint density at radius 1 is 1.14 bits per heavy atom. The minimum absolute atomic E-state index is 0.422. The number of aromatic nitrogens is 1. The van der Waals surface area contributed by atoms with Crippen molar-refractivity contribution in [3.05, 3.63) is 60.4 Å². The Kier molecular flexibility index (Phi) is 4.51. The molecule has 0 spiro atoms. The van der Waals surface area contributed by atoms with Crippen LogP contribution in [-0.2, 0) is 0 Å². The maximum atomic E-state index is 5.80. The molecule has 1 aromatic carbocycles. The van der Waals surface area contributed by atoms with Crippen LogP contribution in [0.15, 0.2) is 54.7 Å². The van der Waals surface area contributed by atoms with Crippen molar-refractivity contribution >= 4 is 0 Å². The van der Waals surface area contributed by atoms with Crippen LogP contribution in [0, 0.1) is 5.92 Å². The van der Waals surface area contributed by atoms with E-state index in [4.69, 9.17) is 4.74 Å². The van der Waals surface area contributed by atoms with Gasteiger partial charge in [-0.1, -0.05) is 24.3 Å². The van der Waals surface area contributed by atoms with Crippen LogP contribution >= 0.6 is 0 Å². The number of hydrogen-bond acceptors (Lipinski definition) is 3. The van der Waals surface area contributed by atoms with Crippen molar-refractivity contribution in [2.24, 2.45) is 5.92 Å². The fourth-order valence-corrected chi connectivity index (χ4v) is 2.75. The van der Waals surface area contributed by atoms with Gasteiger partial charge >= 0.3 is 0 Å². The number of likely N-dealkylation sites (N-methyl/N-ethyl adjacent to an activating group) is 1. The van der Waals surface area contributed by atoms with Gasteiger partial charge in [0.1, 0.15) is 12.4 Å². The van der Waals surface area contributed by atoms with Crippen LogP contribution in [0.3, 0.4) is 0 Å². The summed E-state index contributed by atoms with van der Waals surface area (Å²) in [4.78, 5) is 6.92. The molecule has 0 aliphatic heterocycles. The molecule has 21 heavy (non-hydrogen) atoms. The van der Waals surface area contributed by atoms with Crippen molar-refractivity contribution in [3.63, 3.8) is 0 Å². The summed E-state index contributed by atoms with van der Waals surface area (Å²) >= 11 is 0. The quantitative estimate of drug-likeness (QED) is 0.776. The van der Waals surface area contributed by atoms with Crippen LogP contribution in [0.1, 0.15) is 24.6 Å². The van der Waals surface area contributed by atoms with E-state index in [1.54, 1.807) is 0 Å². The van der Waals surface area contributed by atoms with E-state index in [1.165, 1.54) is 18.5 Å². The molecule has 1 aromatic heterocycles. The SMILES string of the molecule is CN(CCOc1ccccc1)[C@@H](c1ccccn1)C1CC1. The first-order valence-corrected chi connectivity index (χ1v) is 7.63. The van der Waals surface area contributed by atoms with E-state index in [2.05, 4.69) is 29.1 Å². The zero-order valence-corrected chi connectivity index (χ0v) is 12.5. The Bertz CT molecular complexity index is 540. The summed E-state index contributed by atoms with van der Waals surface area (Å²) in [6.45, 7) is 1.61. The smallest absolute Gasteiger partial charge is 0.119 e. The summed E-state index contributed by atoms with van der Waals surface area (Å²) in [6.07, 6.45) is 4.51. The first-order valence-electron chi connectivity index (χ1n) is 7.63. The van der Waals surface area contributed by atoms with Gasteiger partial charge in [0.25, 0.3) is 0 Å². The summed E-state index contributed by atoms with van der Waals surface area (Å²) < 4.78 is 5.80. The number of ether oxygens (including phenoxy) is 1. The molecule has 0 radical (unpaired) electrons. The van der Waals surface area contributed by atoms with Crippen LogP contribution in [-0.4, -0.2) is 30.1 Å². The normalized spacial score (nSPS) is 15.9. The molecule has 0 N–H and O–H groups in total. The molecule has 0 amide bonds. The average Bonchev–Trinajstić information content (AvgIpc) is 3.34. The summed E-state index contributed by atoms with van der Waals surface area (Å²) in [5, 5.41) is 0. The lowest BCUT2D eigenvalue weighted by atomic mass is 10.1. The summed E-state index contributed by atoms with van der Waals surface area (Å²) in [5.74, 6) is 1.69. The maximum Gasteiger partial charge on any atom is 0.119 e. The second-order valence-corrected chi connectivity index (χ2v) is 5.68. The van der Waals surface area contributed by atoms with Gasteiger partial charge in [0, 0.05) is 12.7 Å². The lowest BCUT2D eigenvalue weighted by molar-refractivity contribution is 0.174. The molecule has 1 aliphatic carbocycles. The van der Waals surface area contributed by atoms with Gasteiger partial charge in [-0.2, -0.15) is 0 Å². The van der Waals surface area contributed by atoms with Crippen molar-refractivity contribution in [1.29, 1.82) is 0 Å². The molecule has 3 nitrogen and oxygen atoms in total. The van der Waals surface area contributed by atoms with Crippen molar-refractivity contribution < 1.29 is 4.74 Å². The Hall–Kier alpha value is -1.87. The van der Waals surface area contributed by atoms with E-state index in [-0.39, 0.29) is 0 Å². The van der Waals surface area contributed by atoms with E-state index < -0.39 is 0 Å². The van der Waals surface area contributed by atoms with Gasteiger partial charge in [-0.25, -0.2) is 0 Å². The Balaban J connectivity index is 1.56. The van der Waals surface area contributed by atoms with Gasteiger partial charge in [0.15, 0.2) is 0 Å². The number of para-hydroxylation sites is 1. The Morgan fingerprint density at radius 2 is 1.90 bits per heavy atom. The highest BCUT2D eigenvalue weighted by molar-refractivity contribution is 5.20. The van der Waals surface area contributed by atoms with Crippen molar-refractivity contribution in [2.75, 3.05) is 20.2 Å². The minimum Gasteiger partial charge on any atom is -0.492 e. The third-order valence-electron chi connectivity index (χ3n) is 3.99. The van der Waals surface area contributed by atoms with Crippen molar-refractivity contribution in [2.45, 2.75) is 18.9 Å². The summed E-state index contributed by atoms with van der Waals surface area (Å²) in [5.41, 5.74) is 1.18. The number of rotatable bonds is 7. The first kappa shape index (κ1) is 14.1. The Morgan fingerprint density at radius 3 is 2.57 bits per heavy atom. The topological polar surface area (TPSA) is 25.4 Å². The monoisotopic (exact) mass is 282 g/mol. The lowest BCUT2D eigenvalue weighted by Crippen LogP contribution is -2.30. The van der Waals surface area contributed by atoms with Gasteiger partial charge in [0.05, 0.1) is 11.7 Å². The van der Waals surface area contributed by atoms with Gasteiger partial charge in [-0.3, -0.25) is 9.88 Å². The number of nitrogens with zero attached hydrogens (tertiary/aromatic N) is 2. The van der Waals surface area contributed by atoms with E-state index in [1.807, 2.05) is 42.6 Å². The number of benzene rings is 1. The second kappa shape index (κ2) is 6.72. The molecular weight excluding hydrogens is 260 g/mol. The summed E-state index contributed by atoms with van der Waals surface area (Å²) in [7, 11) is 2.17. The molecule has 1 atom stereocenters. The van der Waals surface area contributed by atoms with E-state index in [0.29, 0.717) is 12.6 Å². The van der Waals surface area contributed by atoms with Gasteiger partial charge in [-0.15, -0.1) is 0 Å². The molecule has 0 bridgehead atoms. The molecule has 1 aliphatic rings. The fraction of sp³-hybridized carbons (Fsp3) is 0.389. The van der Waals surface area contributed by atoms with Gasteiger partial charge < -0.3 is 4.74 Å². The van der Waals surface area contributed by atoms with Crippen LogP contribution in [0.5, 0.6) is 5.75 Å². The van der Waals surface area contributed by atoms with Crippen molar-refractivity contribution in [1.82, 2.24) is 9.88 Å². The zero-order valence-electron chi connectivity index (χ0n) is 12.5. The molecule has 110 valence electrons. The van der Waals surface area contributed by atoms with Gasteiger partial charge in [-0.05, 0) is 50.1 Å². The second-order valence-electron chi connectivity index (χ2n) is 5.68. The van der Waals surface area contributed by atoms with Crippen LogP contribution in [0.25, 0.3) is 0 Å². The third kappa shape index (κ3) is 3.82. The fourth-order valence-electron chi connectivity index (χ4n) is 2.75. The maximum absolute atomic E-state index is 5.80. The highest BCUT2D eigenvalue weighted by Crippen LogP contribution is 2.43. The zero-order chi connectivity index (χ0) is 14.5. The van der Waals surface area contributed by atoms with E-state index in [0.717, 1.165) is 18.2 Å². The molecule has 0 saturated heterocycles. The highest BCUT2D eigenvalue weighted by Gasteiger charge is 2.35. The van der Waals surface area contributed by atoms with Crippen LogP contribution in [0.4, 0.5) is 0 Å².